The zero-order valence-corrected chi connectivity index (χ0v) is 16.2. The van der Waals surface area contributed by atoms with Crippen LogP contribution in [0.2, 0.25) is 0 Å². The molecule has 0 aromatic heterocycles. The van der Waals surface area contributed by atoms with E-state index in [1.807, 2.05) is 60.7 Å². The molecule has 0 bridgehead atoms. The normalized spacial score (nSPS) is 10.3. The highest BCUT2D eigenvalue weighted by atomic mass is 16.2. The molecule has 0 atom stereocenters. The van der Waals surface area contributed by atoms with Crippen molar-refractivity contribution in [1.29, 1.82) is 0 Å². The van der Waals surface area contributed by atoms with Crippen LogP contribution >= 0.6 is 0 Å². The van der Waals surface area contributed by atoms with Gasteiger partial charge in [-0.2, -0.15) is 0 Å². The molecule has 2 N–H and O–H groups in total. The Labute approximate surface area is 175 Å². The van der Waals surface area contributed by atoms with Crippen molar-refractivity contribution in [2.24, 2.45) is 0 Å². The zero-order chi connectivity index (χ0) is 20.8. The molecular weight excluding hydrogens is 372 g/mol. The van der Waals surface area contributed by atoms with Crippen molar-refractivity contribution in [3.63, 3.8) is 0 Å². The molecule has 0 fully saturated rings. The predicted molar refractivity (Wildman–Crippen MR) is 121 cm³/mol. The summed E-state index contributed by atoms with van der Waals surface area (Å²) in [4.78, 5) is 24.9. The van der Waals surface area contributed by atoms with Gasteiger partial charge in [0.25, 0.3) is 11.8 Å². The van der Waals surface area contributed by atoms with E-state index < -0.39 is 0 Å². The Hall–Kier alpha value is -4.18. The maximum atomic E-state index is 12.6. The third kappa shape index (κ3) is 4.62. The highest BCUT2D eigenvalue weighted by Gasteiger charge is 2.09. The second-order valence-electron chi connectivity index (χ2n) is 6.80. The number of carbonyl (C=O) groups excluding carboxylic acids is 2. The highest BCUT2D eigenvalue weighted by molar-refractivity contribution is 6.06. The molecule has 4 aromatic carbocycles. The van der Waals surface area contributed by atoms with Gasteiger partial charge in [-0.25, -0.2) is 0 Å². The van der Waals surface area contributed by atoms with Crippen LogP contribution < -0.4 is 10.6 Å². The first-order valence-electron chi connectivity index (χ1n) is 9.62. The molecule has 0 saturated heterocycles. The first-order chi connectivity index (χ1) is 14.7. The lowest BCUT2D eigenvalue weighted by atomic mass is 10.0. The van der Waals surface area contributed by atoms with Crippen molar-refractivity contribution in [3.8, 4) is 11.1 Å². The van der Waals surface area contributed by atoms with Gasteiger partial charge in [0.2, 0.25) is 0 Å². The van der Waals surface area contributed by atoms with E-state index in [9.17, 15) is 9.59 Å². The summed E-state index contributed by atoms with van der Waals surface area (Å²) in [5, 5.41) is 5.73. The molecule has 4 rings (SSSR count). The predicted octanol–water partition coefficient (Wildman–Crippen LogP) is 5.86. The van der Waals surface area contributed by atoms with E-state index in [-0.39, 0.29) is 11.8 Å². The van der Waals surface area contributed by atoms with Gasteiger partial charge in [0.15, 0.2) is 0 Å². The largest absolute Gasteiger partial charge is 0.322 e. The molecule has 4 aromatic rings. The monoisotopic (exact) mass is 392 g/mol. The minimum absolute atomic E-state index is 0.199. The van der Waals surface area contributed by atoms with Crippen molar-refractivity contribution >= 4 is 23.2 Å². The van der Waals surface area contributed by atoms with E-state index in [0.29, 0.717) is 22.5 Å². The van der Waals surface area contributed by atoms with Crippen LogP contribution in [0.5, 0.6) is 0 Å². The SMILES string of the molecule is O=C(Nc1cccc(NC(=O)c2ccc(-c3ccccc3)cc2)c1)c1ccccc1. The van der Waals surface area contributed by atoms with E-state index >= 15 is 0 Å². The lowest BCUT2D eigenvalue weighted by Gasteiger charge is -2.09. The number of nitrogens with one attached hydrogen (secondary N) is 2. The van der Waals surface area contributed by atoms with E-state index in [2.05, 4.69) is 10.6 Å². The van der Waals surface area contributed by atoms with Gasteiger partial charge in [0.05, 0.1) is 0 Å². The lowest BCUT2D eigenvalue weighted by molar-refractivity contribution is 0.101. The topological polar surface area (TPSA) is 58.2 Å². The zero-order valence-electron chi connectivity index (χ0n) is 16.2. The number of benzene rings is 4. The minimum Gasteiger partial charge on any atom is -0.322 e. The Morgan fingerprint density at radius 3 is 1.50 bits per heavy atom. The Morgan fingerprint density at radius 2 is 0.933 bits per heavy atom. The molecule has 146 valence electrons. The second kappa shape index (κ2) is 8.88. The molecule has 0 unspecified atom stereocenters. The van der Waals surface area contributed by atoms with Crippen LogP contribution in [0.25, 0.3) is 11.1 Å². The first kappa shape index (κ1) is 19.2. The third-order valence-corrected chi connectivity index (χ3v) is 4.67. The molecule has 30 heavy (non-hydrogen) atoms. The summed E-state index contributed by atoms with van der Waals surface area (Å²) < 4.78 is 0. The van der Waals surface area contributed by atoms with Crippen LogP contribution in [-0.2, 0) is 0 Å². The van der Waals surface area contributed by atoms with Gasteiger partial charge < -0.3 is 10.6 Å². The Bertz CT molecular complexity index is 1150. The summed E-state index contributed by atoms with van der Waals surface area (Å²) in [6.45, 7) is 0. The number of amides is 2. The molecule has 0 aliphatic carbocycles. The fourth-order valence-electron chi connectivity index (χ4n) is 3.12. The molecule has 0 aliphatic heterocycles. The van der Waals surface area contributed by atoms with Crippen molar-refractivity contribution in [2.45, 2.75) is 0 Å². The molecule has 0 heterocycles. The maximum absolute atomic E-state index is 12.6. The Morgan fingerprint density at radius 1 is 0.467 bits per heavy atom. The Kier molecular flexibility index (Phi) is 5.67. The maximum Gasteiger partial charge on any atom is 0.255 e. The van der Waals surface area contributed by atoms with Gasteiger partial charge in [0.1, 0.15) is 0 Å². The van der Waals surface area contributed by atoms with Gasteiger partial charge in [-0.1, -0.05) is 66.7 Å². The van der Waals surface area contributed by atoms with Gasteiger partial charge in [0, 0.05) is 22.5 Å². The summed E-state index contributed by atoms with van der Waals surface area (Å²) in [6, 6.07) is 33.6. The van der Waals surface area contributed by atoms with Crippen LogP contribution in [-0.4, -0.2) is 11.8 Å². The molecule has 0 aliphatic rings. The molecule has 0 radical (unpaired) electrons. The Balaban J connectivity index is 1.43. The van der Waals surface area contributed by atoms with Crippen LogP contribution in [0.15, 0.2) is 109 Å². The fourth-order valence-corrected chi connectivity index (χ4v) is 3.12. The van der Waals surface area contributed by atoms with Crippen molar-refractivity contribution in [2.75, 3.05) is 10.6 Å². The number of hydrogen-bond acceptors (Lipinski definition) is 2. The van der Waals surface area contributed by atoms with Gasteiger partial charge >= 0.3 is 0 Å². The molecular formula is C26H20N2O2. The summed E-state index contributed by atoms with van der Waals surface area (Å²) in [5.41, 5.74) is 4.52. The fraction of sp³-hybridized carbons (Fsp3) is 0. The second-order valence-corrected chi connectivity index (χ2v) is 6.80. The van der Waals surface area contributed by atoms with E-state index in [1.54, 1.807) is 48.5 Å². The van der Waals surface area contributed by atoms with Crippen LogP contribution in [0.3, 0.4) is 0 Å². The van der Waals surface area contributed by atoms with Crippen LogP contribution in [0.4, 0.5) is 11.4 Å². The highest BCUT2D eigenvalue weighted by Crippen LogP contribution is 2.21. The third-order valence-electron chi connectivity index (χ3n) is 4.67. The van der Waals surface area contributed by atoms with Gasteiger partial charge in [-0.05, 0) is 53.6 Å². The lowest BCUT2D eigenvalue weighted by Crippen LogP contribution is -2.14. The van der Waals surface area contributed by atoms with Crippen LogP contribution in [0.1, 0.15) is 20.7 Å². The number of anilines is 2. The number of rotatable bonds is 5. The quantitative estimate of drug-likeness (QED) is 0.447. The standard InChI is InChI=1S/C26H20N2O2/c29-25(21-10-5-2-6-11-21)27-23-12-7-13-24(18-23)28-26(30)22-16-14-20(15-17-22)19-8-3-1-4-9-19/h1-18H,(H,27,29)(H,28,30). The van der Waals surface area contributed by atoms with Gasteiger partial charge in [-0.3, -0.25) is 9.59 Å². The summed E-state index contributed by atoms with van der Waals surface area (Å²) >= 11 is 0. The van der Waals surface area contributed by atoms with Gasteiger partial charge in [-0.15, -0.1) is 0 Å². The number of hydrogen-bond donors (Lipinski definition) is 2. The molecule has 2 amide bonds. The molecule has 0 saturated carbocycles. The average molecular weight is 392 g/mol. The summed E-state index contributed by atoms with van der Waals surface area (Å²) in [5.74, 6) is -0.406. The van der Waals surface area contributed by atoms with Crippen molar-refractivity contribution in [1.82, 2.24) is 0 Å². The minimum atomic E-state index is -0.207. The van der Waals surface area contributed by atoms with Crippen molar-refractivity contribution < 1.29 is 9.59 Å². The molecule has 4 nitrogen and oxygen atoms in total. The van der Waals surface area contributed by atoms with E-state index in [0.717, 1.165) is 11.1 Å². The molecule has 4 heteroatoms. The van der Waals surface area contributed by atoms with Crippen LogP contribution in [0, 0.1) is 0 Å². The summed E-state index contributed by atoms with van der Waals surface area (Å²) in [7, 11) is 0. The smallest absolute Gasteiger partial charge is 0.255 e. The first-order valence-corrected chi connectivity index (χ1v) is 9.62. The van der Waals surface area contributed by atoms with E-state index in [4.69, 9.17) is 0 Å². The van der Waals surface area contributed by atoms with E-state index in [1.165, 1.54) is 0 Å². The number of carbonyl (C=O) groups is 2. The molecule has 0 spiro atoms. The summed E-state index contributed by atoms with van der Waals surface area (Å²) in [6.07, 6.45) is 0. The average Bonchev–Trinajstić information content (AvgIpc) is 2.80. The van der Waals surface area contributed by atoms with Crippen molar-refractivity contribution in [3.05, 3.63) is 120 Å².